The Morgan fingerprint density at radius 3 is 2.86 bits per heavy atom. The quantitative estimate of drug-likeness (QED) is 0.710. The molecule has 21 heavy (non-hydrogen) atoms. The van der Waals surface area contributed by atoms with E-state index in [-0.39, 0.29) is 18.0 Å². The minimum Gasteiger partial charge on any atom is -0.477 e. The van der Waals surface area contributed by atoms with Crippen molar-refractivity contribution >= 4 is 34.4 Å². The number of hydrogen-bond acceptors (Lipinski definition) is 3. The number of methoxy groups -OCH3 is 1. The van der Waals surface area contributed by atoms with Gasteiger partial charge in [-0.3, -0.25) is 4.79 Å². The zero-order chi connectivity index (χ0) is 15.4. The van der Waals surface area contributed by atoms with Crippen molar-refractivity contribution in [3.63, 3.8) is 0 Å². The topological polar surface area (TPSA) is 91.4 Å². The highest BCUT2D eigenvalue weighted by Gasteiger charge is 2.19. The van der Waals surface area contributed by atoms with Crippen molar-refractivity contribution in [3.05, 3.63) is 34.5 Å². The zero-order valence-corrected chi connectivity index (χ0v) is 12.2. The summed E-state index contributed by atoms with van der Waals surface area (Å²) in [4.78, 5) is 26.0. The van der Waals surface area contributed by atoms with Gasteiger partial charge in [0.15, 0.2) is 0 Å². The highest BCUT2D eigenvalue weighted by molar-refractivity contribution is 6.31. The van der Waals surface area contributed by atoms with Crippen LogP contribution in [0.5, 0.6) is 0 Å². The fourth-order valence-corrected chi connectivity index (χ4v) is 2.27. The zero-order valence-electron chi connectivity index (χ0n) is 11.4. The number of aromatic nitrogens is 1. The summed E-state index contributed by atoms with van der Waals surface area (Å²) in [6.45, 7) is 0.776. The molecule has 1 aromatic heterocycles. The number of aromatic amines is 1. The molecule has 0 unspecified atom stereocenters. The van der Waals surface area contributed by atoms with Gasteiger partial charge in [-0.2, -0.15) is 0 Å². The van der Waals surface area contributed by atoms with Gasteiger partial charge in [-0.25, -0.2) is 4.79 Å². The third-order valence-corrected chi connectivity index (χ3v) is 3.28. The molecule has 7 heteroatoms. The Bertz CT molecular complexity index is 681. The monoisotopic (exact) mass is 310 g/mol. The van der Waals surface area contributed by atoms with Crippen LogP contribution >= 0.6 is 11.6 Å². The first kappa shape index (κ1) is 15.3. The number of carbonyl (C=O) groups excluding carboxylic acids is 1. The Morgan fingerprint density at radius 1 is 1.43 bits per heavy atom. The number of carboxylic acid groups (broad SMARTS) is 1. The van der Waals surface area contributed by atoms with Gasteiger partial charge in [0.2, 0.25) is 5.91 Å². The normalized spacial score (nSPS) is 10.8. The molecular formula is C14H15ClN2O4. The summed E-state index contributed by atoms with van der Waals surface area (Å²) in [5, 5.41) is 13.0. The lowest BCUT2D eigenvalue weighted by Gasteiger charge is -2.05. The molecule has 1 heterocycles. The second kappa shape index (κ2) is 6.60. The number of halogens is 1. The van der Waals surface area contributed by atoms with E-state index in [0.717, 1.165) is 0 Å². The molecule has 0 fully saturated rings. The van der Waals surface area contributed by atoms with Gasteiger partial charge >= 0.3 is 5.97 Å². The molecule has 3 N–H and O–H groups in total. The summed E-state index contributed by atoms with van der Waals surface area (Å²) in [6, 6.07) is 5.00. The number of hydrogen-bond donors (Lipinski definition) is 3. The van der Waals surface area contributed by atoms with Gasteiger partial charge in [-0.05, 0) is 18.2 Å². The van der Waals surface area contributed by atoms with Crippen LogP contribution in [0.2, 0.25) is 5.02 Å². The van der Waals surface area contributed by atoms with Crippen LogP contribution in [-0.4, -0.2) is 42.2 Å². The fourth-order valence-electron chi connectivity index (χ4n) is 2.10. The Hall–Kier alpha value is -2.05. The molecule has 0 bridgehead atoms. The number of aromatic carboxylic acids is 1. The summed E-state index contributed by atoms with van der Waals surface area (Å²) in [7, 11) is 1.54. The lowest BCUT2D eigenvalue weighted by Crippen LogP contribution is -2.28. The van der Waals surface area contributed by atoms with Crippen molar-refractivity contribution in [3.8, 4) is 0 Å². The van der Waals surface area contributed by atoms with Crippen LogP contribution < -0.4 is 5.32 Å². The first-order valence-corrected chi connectivity index (χ1v) is 6.69. The SMILES string of the molecule is COCCNC(=O)Cc1c(C(=O)O)[nH]c2ccc(Cl)cc12. The maximum Gasteiger partial charge on any atom is 0.352 e. The minimum absolute atomic E-state index is 0.00848. The third-order valence-electron chi connectivity index (χ3n) is 3.05. The van der Waals surface area contributed by atoms with Crippen molar-refractivity contribution in [1.82, 2.24) is 10.3 Å². The molecule has 0 spiro atoms. The van der Waals surface area contributed by atoms with Crippen LogP contribution in [-0.2, 0) is 16.0 Å². The van der Waals surface area contributed by atoms with E-state index in [0.29, 0.717) is 34.6 Å². The van der Waals surface area contributed by atoms with Crippen LogP contribution in [0.3, 0.4) is 0 Å². The largest absolute Gasteiger partial charge is 0.477 e. The number of H-pyrrole nitrogens is 1. The van der Waals surface area contributed by atoms with Crippen molar-refractivity contribution in [2.24, 2.45) is 0 Å². The molecule has 0 saturated heterocycles. The van der Waals surface area contributed by atoms with E-state index in [1.165, 1.54) is 7.11 Å². The molecule has 1 amide bonds. The van der Waals surface area contributed by atoms with E-state index in [9.17, 15) is 14.7 Å². The molecule has 0 aliphatic heterocycles. The maximum absolute atomic E-state index is 11.9. The first-order valence-electron chi connectivity index (χ1n) is 6.32. The van der Waals surface area contributed by atoms with E-state index < -0.39 is 5.97 Å². The number of nitrogens with one attached hydrogen (secondary N) is 2. The number of rotatable bonds is 6. The Morgan fingerprint density at radius 2 is 2.19 bits per heavy atom. The molecular weight excluding hydrogens is 296 g/mol. The highest BCUT2D eigenvalue weighted by atomic mass is 35.5. The van der Waals surface area contributed by atoms with Crippen LogP contribution in [0.4, 0.5) is 0 Å². The summed E-state index contributed by atoms with van der Waals surface area (Å²) in [5.74, 6) is -1.38. The molecule has 0 atom stereocenters. The van der Waals surface area contributed by atoms with E-state index in [1.807, 2.05) is 0 Å². The van der Waals surface area contributed by atoms with Gasteiger partial charge < -0.3 is 20.1 Å². The fraction of sp³-hybridized carbons (Fsp3) is 0.286. The number of amides is 1. The summed E-state index contributed by atoms with van der Waals surface area (Å²) < 4.78 is 4.84. The molecule has 2 aromatic rings. The predicted octanol–water partition coefficient (Wildman–Crippen LogP) is 1.82. The standard InChI is InChI=1S/C14H15ClN2O4/c1-21-5-4-16-12(18)7-10-9-6-8(15)2-3-11(9)17-13(10)14(19)20/h2-3,6,17H,4-5,7H2,1H3,(H,16,18)(H,19,20). The van der Waals surface area contributed by atoms with Crippen molar-refractivity contribution in [1.29, 1.82) is 0 Å². The van der Waals surface area contributed by atoms with Gasteiger partial charge in [-0.1, -0.05) is 11.6 Å². The number of ether oxygens (including phenoxy) is 1. The smallest absolute Gasteiger partial charge is 0.352 e. The van der Waals surface area contributed by atoms with Crippen LogP contribution in [0.25, 0.3) is 10.9 Å². The lowest BCUT2D eigenvalue weighted by atomic mass is 10.1. The average molecular weight is 311 g/mol. The van der Waals surface area contributed by atoms with Crippen molar-refractivity contribution in [2.75, 3.05) is 20.3 Å². The molecule has 2 rings (SSSR count). The number of carbonyl (C=O) groups is 2. The van der Waals surface area contributed by atoms with Crippen molar-refractivity contribution in [2.45, 2.75) is 6.42 Å². The predicted molar refractivity (Wildman–Crippen MR) is 78.9 cm³/mol. The van der Waals surface area contributed by atoms with Crippen LogP contribution in [0, 0.1) is 0 Å². The van der Waals surface area contributed by atoms with E-state index in [4.69, 9.17) is 16.3 Å². The average Bonchev–Trinajstić information content (AvgIpc) is 2.77. The number of benzene rings is 1. The molecule has 6 nitrogen and oxygen atoms in total. The van der Waals surface area contributed by atoms with Gasteiger partial charge in [0, 0.05) is 35.1 Å². The summed E-state index contributed by atoms with van der Waals surface area (Å²) in [6.07, 6.45) is -0.0360. The highest BCUT2D eigenvalue weighted by Crippen LogP contribution is 2.26. The van der Waals surface area contributed by atoms with E-state index >= 15 is 0 Å². The maximum atomic E-state index is 11.9. The number of carboxylic acids is 1. The molecule has 112 valence electrons. The first-order chi connectivity index (χ1) is 10.0. The van der Waals surface area contributed by atoms with Gasteiger partial charge in [0.1, 0.15) is 5.69 Å². The van der Waals surface area contributed by atoms with Crippen LogP contribution in [0.1, 0.15) is 16.1 Å². The molecule has 0 aliphatic carbocycles. The van der Waals surface area contributed by atoms with Gasteiger partial charge in [0.05, 0.1) is 13.0 Å². The Balaban J connectivity index is 2.31. The van der Waals surface area contributed by atoms with Gasteiger partial charge in [-0.15, -0.1) is 0 Å². The third kappa shape index (κ3) is 3.53. The van der Waals surface area contributed by atoms with Gasteiger partial charge in [0.25, 0.3) is 0 Å². The molecule has 0 radical (unpaired) electrons. The number of fused-ring (bicyclic) bond motifs is 1. The summed E-state index contributed by atoms with van der Waals surface area (Å²) in [5.41, 5.74) is 1.07. The Kier molecular flexibility index (Phi) is 4.82. The molecule has 0 saturated carbocycles. The molecule has 0 aliphatic rings. The van der Waals surface area contributed by atoms with E-state index in [1.54, 1.807) is 18.2 Å². The van der Waals surface area contributed by atoms with Crippen LogP contribution in [0.15, 0.2) is 18.2 Å². The lowest BCUT2D eigenvalue weighted by molar-refractivity contribution is -0.120. The molecule has 1 aromatic carbocycles. The van der Waals surface area contributed by atoms with E-state index in [2.05, 4.69) is 10.3 Å². The second-order valence-corrected chi connectivity index (χ2v) is 4.93. The minimum atomic E-state index is -1.11. The summed E-state index contributed by atoms with van der Waals surface area (Å²) >= 11 is 5.94. The Labute approximate surface area is 126 Å². The van der Waals surface area contributed by atoms with Crippen molar-refractivity contribution < 1.29 is 19.4 Å². The second-order valence-electron chi connectivity index (χ2n) is 4.49.